The topological polar surface area (TPSA) is 72.4 Å². The highest BCUT2D eigenvalue weighted by atomic mass is 35.5. The van der Waals surface area contributed by atoms with Gasteiger partial charge in [-0.15, -0.1) is 12.4 Å². The largest absolute Gasteiger partial charge is 0.350 e. The molecule has 1 amide bonds. The number of halogens is 1. The van der Waals surface area contributed by atoms with E-state index in [4.69, 9.17) is 10.3 Å². The first kappa shape index (κ1) is 18.5. The van der Waals surface area contributed by atoms with Gasteiger partial charge in [0, 0.05) is 30.3 Å². The van der Waals surface area contributed by atoms with Crippen molar-refractivity contribution in [3.05, 3.63) is 41.7 Å². The maximum Gasteiger partial charge on any atom is 0.292 e. The molecule has 5 nitrogen and oxygen atoms in total. The number of carbonyl (C=O) groups is 1. The molecule has 0 aliphatic carbocycles. The second-order valence-electron chi connectivity index (χ2n) is 6.36. The number of rotatable bonds is 3. The molecule has 3 rings (SSSR count). The number of hydrogen-bond donors (Lipinski definition) is 1. The van der Waals surface area contributed by atoms with Crippen molar-refractivity contribution in [2.75, 3.05) is 6.54 Å². The number of amides is 1. The SMILES string of the molecule is Cc1ccc(-c2cc(C(=O)N3CCCCC3C(C)N)on2)cc1.Cl. The maximum atomic E-state index is 12.7. The zero-order valence-corrected chi connectivity index (χ0v) is 14.9. The van der Waals surface area contributed by atoms with E-state index < -0.39 is 0 Å². The molecule has 2 heterocycles. The number of nitrogens with two attached hydrogens (primary N) is 1. The lowest BCUT2D eigenvalue weighted by Crippen LogP contribution is -2.51. The minimum atomic E-state index is -0.113. The average Bonchev–Trinajstić information content (AvgIpc) is 3.04. The average molecular weight is 350 g/mol. The van der Waals surface area contributed by atoms with Crippen LogP contribution in [-0.2, 0) is 0 Å². The van der Waals surface area contributed by atoms with E-state index in [1.54, 1.807) is 6.07 Å². The van der Waals surface area contributed by atoms with Crippen LogP contribution in [0.4, 0.5) is 0 Å². The molecule has 0 bridgehead atoms. The van der Waals surface area contributed by atoms with E-state index in [1.807, 2.05) is 43.0 Å². The van der Waals surface area contributed by atoms with Crippen molar-refractivity contribution in [3.8, 4) is 11.3 Å². The summed E-state index contributed by atoms with van der Waals surface area (Å²) in [5.74, 6) is 0.172. The van der Waals surface area contributed by atoms with Crippen LogP contribution in [-0.4, -0.2) is 34.6 Å². The lowest BCUT2D eigenvalue weighted by molar-refractivity contribution is 0.0542. The van der Waals surface area contributed by atoms with Gasteiger partial charge in [0.2, 0.25) is 5.76 Å². The number of hydrogen-bond acceptors (Lipinski definition) is 4. The molecule has 1 aromatic carbocycles. The van der Waals surface area contributed by atoms with Crippen LogP contribution in [0, 0.1) is 6.92 Å². The van der Waals surface area contributed by atoms with E-state index in [-0.39, 0.29) is 36.2 Å². The summed E-state index contributed by atoms with van der Waals surface area (Å²) in [4.78, 5) is 14.6. The molecule has 1 aromatic heterocycles. The van der Waals surface area contributed by atoms with Gasteiger partial charge in [-0.05, 0) is 33.1 Å². The zero-order chi connectivity index (χ0) is 16.4. The quantitative estimate of drug-likeness (QED) is 0.921. The fourth-order valence-electron chi connectivity index (χ4n) is 3.13. The molecule has 1 aliphatic rings. The van der Waals surface area contributed by atoms with Crippen LogP contribution in [0.3, 0.4) is 0 Å². The molecule has 2 aromatic rings. The number of piperidine rings is 1. The fraction of sp³-hybridized carbons (Fsp3) is 0.444. The lowest BCUT2D eigenvalue weighted by atomic mass is 9.96. The molecule has 1 fully saturated rings. The van der Waals surface area contributed by atoms with Crippen LogP contribution in [0.2, 0.25) is 0 Å². The number of benzene rings is 1. The third-order valence-electron chi connectivity index (χ3n) is 4.49. The third-order valence-corrected chi connectivity index (χ3v) is 4.49. The Morgan fingerprint density at radius 3 is 2.71 bits per heavy atom. The standard InChI is InChI=1S/C18H23N3O2.ClH/c1-12-6-8-14(9-7-12)15-11-17(23-20-15)18(22)21-10-4-3-5-16(21)13(2)19;/h6-9,11,13,16H,3-5,10,19H2,1-2H3;1H. The van der Waals surface area contributed by atoms with E-state index >= 15 is 0 Å². The molecule has 2 N–H and O–H groups in total. The first-order valence-electron chi connectivity index (χ1n) is 8.16. The van der Waals surface area contributed by atoms with Crippen LogP contribution in [0.5, 0.6) is 0 Å². The number of nitrogens with zero attached hydrogens (tertiary/aromatic N) is 2. The number of carbonyl (C=O) groups excluding carboxylic acids is 1. The van der Waals surface area contributed by atoms with E-state index in [2.05, 4.69) is 5.16 Å². The Morgan fingerprint density at radius 2 is 2.04 bits per heavy atom. The van der Waals surface area contributed by atoms with Gasteiger partial charge < -0.3 is 15.2 Å². The van der Waals surface area contributed by atoms with Crippen molar-refractivity contribution < 1.29 is 9.32 Å². The van der Waals surface area contributed by atoms with Crippen LogP contribution in [0.15, 0.2) is 34.9 Å². The van der Waals surface area contributed by atoms with Crippen LogP contribution >= 0.6 is 12.4 Å². The summed E-state index contributed by atoms with van der Waals surface area (Å²) in [6.45, 7) is 4.71. The highest BCUT2D eigenvalue weighted by molar-refractivity contribution is 5.92. The minimum absolute atomic E-state index is 0. The van der Waals surface area contributed by atoms with Crippen LogP contribution in [0.25, 0.3) is 11.3 Å². The summed E-state index contributed by atoms with van der Waals surface area (Å²) in [5, 5.41) is 4.05. The smallest absolute Gasteiger partial charge is 0.292 e. The molecule has 6 heteroatoms. The highest BCUT2D eigenvalue weighted by Gasteiger charge is 2.31. The summed E-state index contributed by atoms with van der Waals surface area (Å²) in [5.41, 5.74) is 8.85. The van der Waals surface area contributed by atoms with Crippen molar-refractivity contribution in [1.82, 2.24) is 10.1 Å². The van der Waals surface area contributed by atoms with Gasteiger partial charge in [-0.3, -0.25) is 4.79 Å². The van der Waals surface area contributed by atoms with Gasteiger partial charge in [-0.1, -0.05) is 35.0 Å². The fourth-order valence-corrected chi connectivity index (χ4v) is 3.13. The van der Waals surface area contributed by atoms with Crippen molar-refractivity contribution in [2.24, 2.45) is 5.73 Å². The second kappa shape index (κ2) is 7.81. The van der Waals surface area contributed by atoms with Crippen LogP contribution < -0.4 is 5.73 Å². The first-order chi connectivity index (χ1) is 11.1. The Labute approximate surface area is 148 Å². The number of likely N-dealkylation sites (tertiary alicyclic amines) is 1. The van der Waals surface area contributed by atoms with E-state index in [9.17, 15) is 4.79 Å². The Kier molecular flexibility index (Phi) is 6.02. The Balaban J connectivity index is 0.00000208. The number of aryl methyl sites for hydroxylation is 1. The predicted molar refractivity (Wildman–Crippen MR) is 96.2 cm³/mol. The summed E-state index contributed by atoms with van der Waals surface area (Å²) in [6, 6.07) is 9.74. The molecule has 2 unspecified atom stereocenters. The Morgan fingerprint density at radius 1 is 1.33 bits per heavy atom. The molecule has 1 saturated heterocycles. The van der Waals surface area contributed by atoms with Crippen molar-refractivity contribution in [3.63, 3.8) is 0 Å². The molecular weight excluding hydrogens is 326 g/mol. The summed E-state index contributed by atoms with van der Waals surface area (Å²) in [7, 11) is 0. The molecule has 0 radical (unpaired) electrons. The van der Waals surface area contributed by atoms with Crippen molar-refractivity contribution >= 4 is 18.3 Å². The molecule has 0 saturated carbocycles. The highest BCUT2D eigenvalue weighted by Crippen LogP contribution is 2.24. The summed E-state index contributed by atoms with van der Waals surface area (Å²) >= 11 is 0. The summed E-state index contributed by atoms with van der Waals surface area (Å²) < 4.78 is 5.31. The van der Waals surface area contributed by atoms with Gasteiger partial charge in [0.1, 0.15) is 5.69 Å². The van der Waals surface area contributed by atoms with E-state index in [1.165, 1.54) is 5.56 Å². The predicted octanol–water partition coefficient (Wildman–Crippen LogP) is 3.41. The third kappa shape index (κ3) is 3.79. The zero-order valence-electron chi connectivity index (χ0n) is 14.1. The Bertz CT molecular complexity index is 682. The van der Waals surface area contributed by atoms with Gasteiger partial charge in [-0.25, -0.2) is 0 Å². The maximum absolute atomic E-state index is 12.7. The minimum Gasteiger partial charge on any atom is -0.350 e. The molecule has 1 aliphatic heterocycles. The molecule has 0 spiro atoms. The first-order valence-corrected chi connectivity index (χ1v) is 8.16. The molecule has 2 atom stereocenters. The van der Waals surface area contributed by atoms with Gasteiger partial charge in [0.25, 0.3) is 5.91 Å². The van der Waals surface area contributed by atoms with Crippen molar-refractivity contribution in [2.45, 2.75) is 45.2 Å². The van der Waals surface area contributed by atoms with Gasteiger partial charge in [0.05, 0.1) is 0 Å². The van der Waals surface area contributed by atoms with Crippen LogP contribution in [0.1, 0.15) is 42.3 Å². The lowest BCUT2D eigenvalue weighted by Gasteiger charge is -2.37. The monoisotopic (exact) mass is 349 g/mol. The van der Waals surface area contributed by atoms with Gasteiger partial charge in [0.15, 0.2) is 0 Å². The van der Waals surface area contributed by atoms with Gasteiger partial charge >= 0.3 is 0 Å². The molecule has 130 valence electrons. The normalized spacial score (nSPS) is 18.8. The van der Waals surface area contributed by atoms with E-state index in [0.29, 0.717) is 5.69 Å². The second-order valence-corrected chi connectivity index (χ2v) is 6.36. The number of aromatic nitrogens is 1. The van der Waals surface area contributed by atoms with Crippen molar-refractivity contribution in [1.29, 1.82) is 0 Å². The molecule has 24 heavy (non-hydrogen) atoms. The summed E-state index contributed by atoms with van der Waals surface area (Å²) in [6.07, 6.45) is 3.07. The Hall–Kier alpha value is -1.85. The molecular formula is C18H24ClN3O2. The van der Waals surface area contributed by atoms with E-state index in [0.717, 1.165) is 31.4 Å². The van der Waals surface area contributed by atoms with Gasteiger partial charge in [-0.2, -0.15) is 0 Å².